The van der Waals surface area contributed by atoms with Gasteiger partial charge in [0.25, 0.3) is 0 Å². The first kappa shape index (κ1) is 19.4. The molecule has 140 valence electrons. The molecule has 0 aliphatic heterocycles. The first-order chi connectivity index (χ1) is 13.0. The van der Waals surface area contributed by atoms with Crippen molar-refractivity contribution in [3.05, 3.63) is 88.1 Å². The zero-order chi connectivity index (χ0) is 19.4. The van der Waals surface area contributed by atoms with E-state index >= 15 is 0 Å². The van der Waals surface area contributed by atoms with Crippen LogP contribution in [0.3, 0.4) is 0 Å². The monoisotopic (exact) mass is 427 g/mol. The van der Waals surface area contributed by atoms with Gasteiger partial charge in [-0.25, -0.2) is 9.07 Å². The molecule has 3 rings (SSSR count). The molecule has 0 bridgehead atoms. The summed E-state index contributed by atoms with van der Waals surface area (Å²) < 4.78 is 16.1. The van der Waals surface area contributed by atoms with Crippen LogP contribution in [0.5, 0.6) is 0 Å². The van der Waals surface area contributed by atoms with Gasteiger partial charge in [0.2, 0.25) is 0 Å². The molecular formula is C22H23BrFN3. The third kappa shape index (κ3) is 4.14. The highest BCUT2D eigenvalue weighted by atomic mass is 79.9. The van der Waals surface area contributed by atoms with Gasteiger partial charge in [0.05, 0.1) is 17.6 Å². The summed E-state index contributed by atoms with van der Waals surface area (Å²) in [7, 11) is 0. The maximum atomic E-state index is 13.2. The normalized spacial score (nSPS) is 17.0. The third-order valence-corrected chi connectivity index (χ3v) is 5.73. The molecule has 0 saturated carbocycles. The van der Waals surface area contributed by atoms with E-state index in [0.717, 1.165) is 33.5 Å². The van der Waals surface area contributed by atoms with Gasteiger partial charge in [-0.3, -0.25) is 0 Å². The Labute approximate surface area is 168 Å². The highest BCUT2D eigenvalue weighted by Gasteiger charge is 2.24. The maximum absolute atomic E-state index is 13.2. The van der Waals surface area contributed by atoms with Crippen molar-refractivity contribution in [2.24, 2.45) is 0 Å². The number of hydrogen-bond acceptors (Lipinski definition) is 2. The molecule has 5 heteroatoms. The molecule has 0 fully saturated rings. The van der Waals surface area contributed by atoms with Crippen LogP contribution in [0.15, 0.2) is 71.0 Å². The summed E-state index contributed by atoms with van der Waals surface area (Å²) in [5.41, 5.74) is 5.14. The minimum absolute atomic E-state index is 0.154. The number of rotatable bonds is 6. The van der Waals surface area contributed by atoms with Gasteiger partial charge in [-0.2, -0.15) is 5.10 Å². The molecule has 0 amide bonds. The maximum Gasteiger partial charge on any atom is 0.123 e. The predicted octanol–water partition coefficient (Wildman–Crippen LogP) is 5.86. The van der Waals surface area contributed by atoms with Crippen LogP contribution in [-0.2, 0) is 0 Å². The lowest BCUT2D eigenvalue weighted by molar-refractivity contribution is 0.627. The van der Waals surface area contributed by atoms with E-state index in [4.69, 9.17) is 0 Å². The molecule has 2 aromatic rings. The van der Waals surface area contributed by atoms with Crippen LogP contribution < -0.4 is 5.32 Å². The second-order valence-corrected chi connectivity index (χ2v) is 7.25. The molecule has 0 radical (unpaired) electrons. The number of hydrogen-bond donors (Lipinski definition) is 1. The minimum atomic E-state index is -0.252. The fourth-order valence-electron chi connectivity index (χ4n) is 3.21. The lowest BCUT2D eigenvalue weighted by atomic mass is 9.89. The van der Waals surface area contributed by atoms with E-state index in [1.54, 1.807) is 12.1 Å². The Balaban J connectivity index is 1.80. The molecule has 1 atom stereocenters. The lowest BCUT2D eigenvalue weighted by Gasteiger charge is -2.23. The molecule has 1 aliphatic rings. The van der Waals surface area contributed by atoms with E-state index in [1.807, 2.05) is 30.8 Å². The van der Waals surface area contributed by atoms with Crippen molar-refractivity contribution in [2.75, 3.05) is 6.54 Å². The second-order valence-electron chi connectivity index (χ2n) is 6.39. The molecule has 3 nitrogen and oxygen atoms in total. The molecule has 0 saturated heterocycles. The van der Waals surface area contributed by atoms with Crippen molar-refractivity contribution in [1.29, 1.82) is 0 Å². The quantitative estimate of drug-likeness (QED) is 0.584. The number of nitrogens with zero attached hydrogens (tertiary/aromatic N) is 2. The van der Waals surface area contributed by atoms with Crippen LogP contribution in [0.25, 0.3) is 11.8 Å². The van der Waals surface area contributed by atoms with Gasteiger partial charge in [-0.05, 0) is 56.2 Å². The zero-order valence-corrected chi connectivity index (χ0v) is 17.1. The minimum Gasteiger partial charge on any atom is -0.384 e. The lowest BCUT2D eigenvalue weighted by Crippen LogP contribution is -2.22. The summed E-state index contributed by atoms with van der Waals surface area (Å²) >= 11 is 3.58. The highest BCUT2D eigenvalue weighted by molar-refractivity contribution is 9.12. The first-order valence-electron chi connectivity index (χ1n) is 8.95. The highest BCUT2D eigenvalue weighted by Crippen LogP contribution is 2.34. The Bertz CT molecular complexity index is 920. The van der Waals surface area contributed by atoms with E-state index in [-0.39, 0.29) is 11.7 Å². The van der Waals surface area contributed by atoms with E-state index in [0.29, 0.717) is 6.54 Å². The fraction of sp³-hybridized carbons (Fsp3) is 0.227. The second kappa shape index (κ2) is 8.53. The van der Waals surface area contributed by atoms with Gasteiger partial charge < -0.3 is 5.32 Å². The SMILES string of the molecule is C=C(NCC(=C/C)/C(Br)=C\C)C1CC=Cc2c1cnn2-c1ccc(F)cc1. The van der Waals surface area contributed by atoms with Crippen molar-refractivity contribution < 1.29 is 4.39 Å². The van der Waals surface area contributed by atoms with Gasteiger partial charge in [0.15, 0.2) is 0 Å². The van der Waals surface area contributed by atoms with E-state index in [2.05, 4.69) is 51.2 Å². The van der Waals surface area contributed by atoms with Crippen LogP contribution in [0.1, 0.15) is 37.4 Å². The number of allylic oxidation sites excluding steroid dienone is 4. The average molecular weight is 428 g/mol. The van der Waals surface area contributed by atoms with Crippen molar-refractivity contribution in [2.45, 2.75) is 26.2 Å². The summed E-state index contributed by atoms with van der Waals surface area (Å²) in [5, 5.41) is 7.99. The average Bonchev–Trinajstić information content (AvgIpc) is 3.12. The van der Waals surface area contributed by atoms with Crippen molar-refractivity contribution in [3.8, 4) is 5.69 Å². The summed E-state index contributed by atoms with van der Waals surface area (Å²) in [6.07, 6.45) is 11.1. The molecule has 1 aromatic carbocycles. The Morgan fingerprint density at radius 1 is 1.33 bits per heavy atom. The molecular weight excluding hydrogens is 405 g/mol. The Kier molecular flexibility index (Phi) is 6.11. The Morgan fingerprint density at radius 3 is 2.74 bits per heavy atom. The number of aromatic nitrogens is 2. The van der Waals surface area contributed by atoms with Gasteiger partial charge in [0.1, 0.15) is 5.82 Å². The van der Waals surface area contributed by atoms with Crippen LogP contribution in [0.4, 0.5) is 4.39 Å². The molecule has 1 unspecified atom stereocenters. The summed E-state index contributed by atoms with van der Waals surface area (Å²) in [5.74, 6) is -0.0977. The molecule has 0 spiro atoms. The zero-order valence-electron chi connectivity index (χ0n) is 15.5. The predicted molar refractivity (Wildman–Crippen MR) is 113 cm³/mol. The van der Waals surface area contributed by atoms with E-state index in [1.165, 1.54) is 17.7 Å². The van der Waals surface area contributed by atoms with Gasteiger partial charge in [0, 0.05) is 28.2 Å². The molecule has 1 aliphatic carbocycles. The van der Waals surface area contributed by atoms with E-state index in [9.17, 15) is 4.39 Å². The third-order valence-electron chi connectivity index (χ3n) is 4.77. The van der Waals surface area contributed by atoms with Crippen LogP contribution >= 0.6 is 15.9 Å². The first-order valence-corrected chi connectivity index (χ1v) is 9.74. The number of halogens is 2. The van der Waals surface area contributed by atoms with Crippen LogP contribution in [0, 0.1) is 5.82 Å². The van der Waals surface area contributed by atoms with Crippen molar-refractivity contribution in [1.82, 2.24) is 15.1 Å². The summed E-state index contributed by atoms with van der Waals surface area (Å²) in [6, 6.07) is 6.37. The Hall–Kier alpha value is -2.40. The Morgan fingerprint density at radius 2 is 2.07 bits per heavy atom. The topological polar surface area (TPSA) is 29.9 Å². The van der Waals surface area contributed by atoms with Crippen LogP contribution in [0.2, 0.25) is 0 Å². The molecule has 27 heavy (non-hydrogen) atoms. The summed E-state index contributed by atoms with van der Waals surface area (Å²) in [4.78, 5) is 0. The standard InChI is InChI=1S/C22H23BrFN3/c1-4-16(21(23)5-2)13-25-15(3)19-7-6-8-22-20(19)14-26-27(22)18-11-9-17(24)10-12-18/h4-6,8-12,14,19,25H,3,7,13H2,1-2H3/b16-4-,21-5+. The number of fused-ring (bicyclic) bond motifs is 1. The number of benzene rings is 1. The molecule has 1 heterocycles. The summed E-state index contributed by atoms with van der Waals surface area (Å²) in [6.45, 7) is 9.01. The largest absolute Gasteiger partial charge is 0.384 e. The van der Waals surface area contributed by atoms with Crippen LogP contribution in [-0.4, -0.2) is 16.3 Å². The van der Waals surface area contributed by atoms with Gasteiger partial charge in [-0.1, -0.05) is 40.7 Å². The van der Waals surface area contributed by atoms with Crippen molar-refractivity contribution in [3.63, 3.8) is 0 Å². The van der Waals surface area contributed by atoms with Gasteiger partial charge >= 0.3 is 0 Å². The fourth-order valence-corrected chi connectivity index (χ4v) is 3.58. The van der Waals surface area contributed by atoms with Crippen molar-refractivity contribution >= 4 is 22.0 Å². The van der Waals surface area contributed by atoms with Gasteiger partial charge in [-0.15, -0.1) is 0 Å². The molecule has 1 N–H and O–H groups in total. The number of nitrogens with one attached hydrogen (secondary N) is 1. The smallest absolute Gasteiger partial charge is 0.123 e. The molecule has 1 aromatic heterocycles. The van der Waals surface area contributed by atoms with E-state index < -0.39 is 0 Å².